The molecule has 15 heavy (non-hydrogen) atoms. The third kappa shape index (κ3) is 1.80. The molecule has 1 saturated heterocycles. The molecule has 0 radical (unpaired) electrons. The standard InChI is InChI=1S/C9H13N3O3/c1-15-7-8(10-5-11-9(7)14)12-3-2-6(13)4-12/h5-6,13H,2-4H2,1H3,(H,10,11,14)/t6-/m0/s1. The van der Waals surface area contributed by atoms with Gasteiger partial charge in [-0.2, -0.15) is 0 Å². The predicted octanol–water partition coefficient (Wildman–Crippen LogP) is -0.651. The summed E-state index contributed by atoms with van der Waals surface area (Å²) in [6.45, 7) is 1.18. The van der Waals surface area contributed by atoms with Crippen molar-refractivity contribution in [2.75, 3.05) is 25.1 Å². The fourth-order valence-electron chi connectivity index (χ4n) is 1.72. The summed E-state index contributed by atoms with van der Waals surface area (Å²) in [5.41, 5.74) is -0.302. The summed E-state index contributed by atoms with van der Waals surface area (Å²) < 4.78 is 4.99. The first-order valence-corrected chi connectivity index (χ1v) is 4.77. The lowest BCUT2D eigenvalue weighted by Gasteiger charge is -2.17. The van der Waals surface area contributed by atoms with Crippen LogP contribution in [0.4, 0.5) is 5.82 Å². The third-order valence-corrected chi connectivity index (χ3v) is 2.46. The van der Waals surface area contributed by atoms with Crippen molar-refractivity contribution in [3.05, 3.63) is 16.7 Å². The number of methoxy groups -OCH3 is 1. The predicted molar refractivity (Wildman–Crippen MR) is 54.2 cm³/mol. The molecule has 0 aliphatic carbocycles. The van der Waals surface area contributed by atoms with Gasteiger partial charge >= 0.3 is 0 Å². The number of hydrogen-bond acceptors (Lipinski definition) is 5. The topological polar surface area (TPSA) is 78.5 Å². The van der Waals surface area contributed by atoms with E-state index in [4.69, 9.17) is 4.74 Å². The fourth-order valence-corrected chi connectivity index (χ4v) is 1.72. The molecule has 1 fully saturated rings. The molecular weight excluding hydrogens is 198 g/mol. The molecule has 82 valence electrons. The quantitative estimate of drug-likeness (QED) is 0.679. The Morgan fingerprint density at radius 2 is 2.53 bits per heavy atom. The molecule has 1 aromatic heterocycles. The smallest absolute Gasteiger partial charge is 0.295 e. The second kappa shape index (κ2) is 3.90. The largest absolute Gasteiger partial charge is 0.489 e. The van der Waals surface area contributed by atoms with Crippen molar-refractivity contribution in [1.82, 2.24) is 9.97 Å². The molecule has 1 aromatic rings. The molecule has 0 aromatic carbocycles. The molecule has 2 rings (SSSR count). The van der Waals surface area contributed by atoms with E-state index < -0.39 is 0 Å². The number of nitrogens with zero attached hydrogens (tertiary/aromatic N) is 2. The van der Waals surface area contributed by atoms with E-state index in [2.05, 4.69) is 9.97 Å². The van der Waals surface area contributed by atoms with Gasteiger partial charge in [0, 0.05) is 13.1 Å². The van der Waals surface area contributed by atoms with Gasteiger partial charge in [-0.15, -0.1) is 0 Å². The normalized spacial score (nSPS) is 20.7. The summed E-state index contributed by atoms with van der Waals surface area (Å²) in [5, 5.41) is 9.40. The number of aliphatic hydroxyl groups excluding tert-OH is 1. The first kappa shape index (κ1) is 9.97. The van der Waals surface area contributed by atoms with Crippen LogP contribution in [-0.4, -0.2) is 41.4 Å². The van der Waals surface area contributed by atoms with Crippen LogP contribution in [0.5, 0.6) is 5.75 Å². The van der Waals surface area contributed by atoms with Crippen LogP contribution < -0.4 is 15.2 Å². The van der Waals surface area contributed by atoms with Gasteiger partial charge in [-0.25, -0.2) is 4.98 Å². The van der Waals surface area contributed by atoms with E-state index >= 15 is 0 Å². The molecule has 0 saturated carbocycles. The van der Waals surface area contributed by atoms with Crippen molar-refractivity contribution in [3.8, 4) is 5.75 Å². The van der Waals surface area contributed by atoms with Crippen molar-refractivity contribution in [1.29, 1.82) is 0 Å². The van der Waals surface area contributed by atoms with E-state index in [-0.39, 0.29) is 17.4 Å². The molecule has 1 aliphatic heterocycles. The second-order valence-corrected chi connectivity index (χ2v) is 3.48. The number of aromatic amines is 1. The first-order valence-electron chi connectivity index (χ1n) is 4.77. The molecular formula is C9H13N3O3. The van der Waals surface area contributed by atoms with Gasteiger partial charge in [-0.05, 0) is 6.42 Å². The van der Waals surface area contributed by atoms with Gasteiger partial charge in [0.15, 0.2) is 5.82 Å². The zero-order valence-electron chi connectivity index (χ0n) is 8.43. The SMILES string of the molecule is COc1c(N2CC[C@H](O)C2)nc[nH]c1=O. The van der Waals surface area contributed by atoms with Crippen molar-refractivity contribution in [3.63, 3.8) is 0 Å². The maximum Gasteiger partial charge on any atom is 0.295 e. The average molecular weight is 211 g/mol. The van der Waals surface area contributed by atoms with Gasteiger partial charge in [0.1, 0.15) is 0 Å². The summed E-state index contributed by atoms with van der Waals surface area (Å²) >= 11 is 0. The summed E-state index contributed by atoms with van der Waals surface area (Å²) in [6.07, 6.45) is 1.68. The molecule has 0 unspecified atom stereocenters. The third-order valence-electron chi connectivity index (χ3n) is 2.46. The molecule has 0 amide bonds. The van der Waals surface area contributed by atoms with Crippen LogP contribution in [0.1, 0.15) is 6.42 Å². The lowest BCUT2D eigenvalue weighted by Crippen LogP contribution is -2.25. The van der Waals surface area contributed by atoms with Gasteiger partial charge in [0.25, 0.3) is 5.56 Å². The monoisotopic (exact) mass is 211 g/mol. The minimum absolute atomic E-state index is 0.201. The Labute approximate surface area is 86.5 Å². The zero-order valence-corrected chi connectivity index (χ0v) is 8.43. The van der Waals surface area contributed by atoms with Crippen molar-refractivity contribution >= 4 is 5.82 Å². The van der Waals surface area contributed by atoms with E-state index in [1.165, 1.54) is 13.4 Å². The Morgan fingerprint density at radius 3 is 3.13 bits per heavy atom. The minimum Gasteiger partial charge on any atom is -0.489 e. The van der Waals surface area contributed by atoms with Gasteiger partial charge < -0.3 is 19.7 Å². The molecule has 1 atom stereocenters. The highest BCUT2D eigenvalue weighted by Crippen LogP contribution is 2.24. The van der Waals surface area contributed by atoms with E-state index in [0.29, 0.717) is 25.3 Å². The highest BCUT2D eigenvalue weighted by atomic mass is 16.5. The van der Waals surface area contributed by atoms with Crippen LogP contribution in [-0.2, 0) is 0 Å². The molecule has 2 heterocycles. The molecule has 1 aliphatic rings. The summed E-state index contributed by atoms with van der Waals surface area (Å²) in [4.78, 5) is 19.8. The number of aliphatic hydroxyl groups is 1. The van der Waals surface area contributed by atoms with E-state index in [1.54, 1.807) is 0 Å². The van der Waals surface area contributed by atoms with Crippen LogP contribution in [0.3, 0.4) is 0 Å². The van der Waals surface area contributed by atoms with E-state index in [0.717, 1.165) is 0 Å². The van der Waals surface area contributed by atoms with Crippen LogP contribution >= 0.6 is 0 Å². The number of β-amino-alcohol motifs (C(OH)–C–C–N with tert-alkyl or cyclic N) is 1. The second-order valence-electron chi connectivity index (χ2n) is 3.48. The van der Waals surface area contributed by atoms with E-state index in [1.807, 2.05) is 4.90 Å². The number of rotatable bonds is 2. The average Bonchev–Trinajstić information content (AvgIpc) is 2.64. The summed E-state index contributed by atoms with van der Waals surface area (Å²) in [7, 11) is 1.43. The number of anilines is 1. The number of aromatic nitrogens is 2. The molecule has 2 N–H and O–H groups in total. The Kier molecular flexibility index (Phi) is 2.59. The molecule has 6 heteroatoms. The Morgan fingerprint density at radius 1 is 1.73 bits per heavy atom. The van der Waals surface area contributed by atoms with Gasteiger partial charge in [0.2, 0.25) is 5.75 Å². The van der Waals surface area contributed by atoms with Crippen molar-refractivity contribution in [2.24, 2.45) is 0 Å². The molecule has 6 nitrogen and oxygen atoms in total. The van der Waals surface area contributed by atoms with Crippen LogP contribution in [0.2, 0.25) is 0 Å². The highest BCUT2D eigenvalue weighted by Gasteiger charge is 2.24. The maximum atomic E-state index is 11.4. The van der Waals surface area contributed by atoms with Gasteiger partial charge in [0.05, 0.1) is 19.5 Å². The Bertz CT molecular complexity index is 404. The lowest BCUT2D eigenvalue weighted by molar-refractivity contribution is 0.198. The van der Waals surface area contributed by atoms with Crippen molar-refractivity contribution < 1.29 is 9.84 Å². The minimum atomic E-state index is -0.351. The van der Waals surface area contributed by atoms with E-state index in [9.17, 15) is 9.90 Å². The fraction of sp³-hybridized carbons (Fsp3) is 0.556. The van der Waals surface area contributed by atoms with Gasteiger partial charge in [-0.1, -0.05) is 0 Å². The zero-order chi connectivity index (χ0) is 10.8. The number of hydrogen-bond donors (Lipinski definition) is 2. The van der Waals surface area contributed by atoms with Crippen LogP contribution in [0.15, 0.2) is 11.1 Å². The summed E-state index contributed by atoms with van der Waals surface area (Å²) in [5.74, 6) is 0.699. The lowest BCUT2D eigenvalue weighted by atomic mass is 10.3. The maximum absolute atomic E-state index is 11.4. The molecule has 0 spiro atoms. The van der Waals surface area contributed by atoms with Crippen molar-refractivity contribution in [2.45, 2.75) is 12.5 Å². The Hall–Kier alpha value is -1.56. The number of H-pyrrole nitrogens is 1. The first-order chi connectivity index (χ1) is 7.22. The van der Waals surface area contributed by atoms with Crippen LogP contribution in [0.25, 0.3) is 0 Å². The van der Waals surface area contributed by atoms with Gasteiger partial charge in [-0.3, -0.25) is 4.79 Å². The van der Waals surface area contributed by atoms with Crippen LogP contribution in [0, 0.1) is 0 Å². The summed E-state index contributed by atoms with van der Waals surface area (Å²) in [6, 6.07) is 0. The number of ether oxygens (including phenoxy) is 1. The molecule has 0 bridgehead atoms. The number of nitrogens with one attached hydrogen (secondary N) is 1. The Balaban J connectivity index is 2.35. The highest BCUT2D eigenvalue weighted by molar-refractivity contribution is 5.51.